The summed E-state index contributed by atoms with van der Waals surface area (Å²) in [5.74, 6) is 0. The van der Waals surface area contributed by atoms with Gasteiger partial charge in [0.25, 0.3) is 0 Å². The van der Waals surface area contributed by atoms with Gasteiger partial charge in [-0.2, -0.15) is 0 Å². The zero-order chi connectivity index (χ0) is 6.78. The van der Waals surface area contributed by atoms with Gasteiger partial charge in [-0.3, -0.25) is 4.79 Å². The van der Waals surface area contributed by atoms with Gasteiger partial charge >= 0.3 is 0 Å². The molecule has 2 N–H and O–H groups in total. The zero-order valence-corrected chi connectivity index (χ0v) is 5.83. The summed E-state index contributed by atoms with van der Waals surface area (Å²) in [7, 11) is 0. The molecule has 0 aromatic heterocycles. The molecule has 0 spiro atoms. The predicted molar refractivity (Wildman–Crippen MR) is 33.7 cm³/mol. The highest BCUT2D eigenvalue weighted by molar-refractivity contribution is 6.65. The fourth-order valence-electron chi connectivity index (χ4n) is 0.139. The van der Waals surface area contributed by atoms with Gasteiger partial charge in [-0.25, -0.2) is 0 Å². The molecular formula is C5H10ClNO. The molecule has 8 heavy (non-hydrogen) atoms. The summed E-state index contributed by atoms with van der Waals surface area (Å²) in [4.78, 5) is 10.3. The Morgan fingerprint density at radius 2 is 2.25 bits per heavy atom. The van der Waals surface area contributed by atoms with Crippen LogP contribution in [0.5, 0.6) is 0 Å². The molecule has 0 aliphatic rings. The SMILES string of the molecule is CC[C@](C)(N)C(=O)Cl. The number of hydrogen-bond acceptors (Lipinski definition) is 2. The van der Waals surface area contributed by atoms with Crippen LogP contribution < -0.4 is 5.73 Å². The Morgan fingerprint density at radius 1 is 1.88 bits per heavy atom. The normalized spacial score (nSPS) is 17.5. The summed E-state index contributed by atoms with van der Waals surface area (Å²) in [5.41, 5.74) is 4.55. The molecule has 0 aromatic carbocycles. The molecule has 0 unspecified atom stereocenters. The van der Waals surface area contributed by atoms with Gasteiger partial charge in [-0.1, -0.05) is 6.92 Å². The van der Waals surface area contributed by atoms with E-state index in [4.69, 9.17) is 17.3 Å². The molecule has 0 heterocycles. The highest BCUT2D eigenvalue weighted by Crippen LogP contribution is 2.07. The summed E-state index contributed by atoms with van der Waals surface area (Å²) in [6.07, 6.45) is 0.579. The van der Waals surface area contributed by atoms with Crippen molar-refractivity contribution < 1.29 is 4.79 Å². The van der Waals surface area contributed by atoms with Crippen molar-refractivity contribution in [2.45, 2.75) is 25.8 Å². The van der Waals surface area contributed by atoms with Crippen molar-refractivity contribution in [2.75, 3.05) is 0 Å². The van der Waals surface area contributed by atoms with Crippen LogP contribution in [0.3, 0.4) is 0 Å². The predicted octanol–water partition coefficient (Wildman–Crippen LogP) is 0.879. The van der Waals surface area contributed by atoms with Gasteiger partial charge in [0.15, 0.2) is 0 Å². The molecular weight excluding hydrogens is 126 g/mol. The largest absolute Gasteiger partial charge is 0.318 e. The van der Waals surface area contributed by atoms with E-state index >= 15 is 0 Å². The number of hydrogen-bond donors (Lipinski definition) is 1. The van der Waals surface area contributed by atoms with Crippen molar-refractivity contribution in [3.8, 4) is 0 Å². The summed E-state index contributed by atoms with van der Waals surface area (Å²) in [6, 6.07) is 0. The van der Waals surface area contributed by atoms with E-state index in [1.54, 1.807) is 6.92 Å². The molecule has 0 aliphatic carbocycles. The van der Waals surface area contributed by atoms with Gasteiger partial charge in [0, 0.05) is 0 Å². The minimum Gasteiger partial charge on any atom is -0.318 e. The topological polar surface area (TPSA) is 43.1 Å². The third kappa shape index (κ3) is 1.80. The molecule has 48 valence electrons. The number of halogens is 1. The molecule has 0 aromatic rings. The minimum atomic E-state index is -0.832. The third-order valence-corrected chi connectivity index (χ3v) is 1.62. The molecule has 0 fully saturated rings. The van der Waals surface area contributed by atoms with E-state index in [9.17, 15) is 4.79 Å². The number of nitrogens with two attached hydrogens (primary N) is 1. The summed E-state index contributed by atoms with van der Waals surface area (Å²) in [6.45, 7) is 3.43. The monoisotopic (exact) mass is 135 g/mol. The molecule has 0 bridgehead atoms. The Kier molecular flexibility index (Phi) is 2.44. The van der Waals surface area contributed by atoms with Crippen molar-refractivity contribution in [3.05, 3.63) is 0 Å². The van der Waals surface area contributed by atoms with E-state index in [0.717, 1.165) is 0 Å². The zero-order valence-electron chi connectivity index (χ0n) is 5.07. The maximum absolute atomic E-state index is 10.3. The van der Waals surface area contributed by atoms with E-state index in [2.05, 4.69) is 0 Å². The van der Waals surface area contributed by atoms with Crippen LogP contribution in [0.1, 0.15) is 20.3 Å². The van der Waals surface area contributed by atoms with Crippen LogP contribution >= 0.6 is 11.6 Å². The van der Waals surface area contributed by atoms with Crippen molar-refractivity contribution >= 4 is 16.8 Å². The quantitative estimate of drug-likeness (QED) is 0.572. The summed E-state index contributed by atoms with van der Waals surface area (Å²) >= 11 is 5.11. The first-order valence-corrected chi connectivity index (χ1v) is 2.87. The van der Waals surface area contributed by atoms with Crippen LogP contribution in [0.4, 0.5) is 0 Å². The van der Waals surface area contributed by atoms with Crippen LogP contribution in [-0.4, -0.2) is 10.8 Å². The lowest BCUT2D eigenvalue weighted by Gasteiger charge is -2.15. The van der Waals surface area contributed by atoms with Gasteiger partial charge in [0.1, 0.15) is 0 Å². The summed E-state index contributed by atoms with van der Waals surface area (Å²) < 4.78 is 0. The second-order valence-electron chi connectivity index (χ2n) is 2.04. The van der Waals surface area contributed by atoms with Crippen molar-refractivity contribution in [3.63, 3.8) is 0 Å². The van der Waals surface area contributed by atoms with Crippen LogP contribution in [0.2, 0.25) is 0 Å². The second-order valence-corrected chi connectivity index (χ2v) is 2.39. The van der Waals surface area contributed by atoms with Gasteiger partial charge in [-0.05, 0) is 24.9 Å². The highest BCUT2D eigenvalue weighted by Gasteiger charge is 2.22. The molecule has 2 nitrogen and oxygen atoms in total. The van der Waals surface area contributed by atoms with Crippen molar-refractivity contribution in [2.24, 2.45) is 5.73 Å². The first-order valence-electron chi connectivity index (χ1n) is 2.49. The number of carbonyl (C=O) groups excluding carboxylic acids is 1. The van der Waals surface area contributed by atoms with Gasteiger partial charge in [-0.15, -0.1) is 0 Å². The van der Waals surface area contributed by atoms with Gasteiger partial charge in [0.2, 0.25) is 5.24 Å². The number of rotatable bonds is 2. The molecule has 1 atom stereocenters. The van der Waals surface area contributed by atoms with Gasteiger partial charge in [0.05, 0.1) is 5.54 Å². The molecule has 0 amide bonds. The lowest BCUT2D eigenvalue weighted by Crippen LogP contribution is -2.41. The van der Waals surface area contributed by atoms with Crippen LogP contribution in [0, 0.1) is 0 Å². The first-order chi connectivity index (χ1) is 3.50. The summed E-state index contributed by atoms with van der Waals surface area (Å²) in [5, 5.41) is -0.472. The average Bonchev–Trinajstić information content (AvgIpc) is 1.67. The first kappa shape index (κ1) is 7.92. The Bertz CT molecular complexity index is 101. The fraction of sp³-hybridized carbons (Fsp3) is 0.800. The van der Waals surface area contributed by atoms with Crippen molar-refractivity contribution in [1.82, 2.24) is 0 Å². The van der Waals surface area contributed by atoms with Gasteiger partial charge < -0.3 is 5.73 Å². The van der Waals surface area contributed by atoms with Crippen molar-refractivity contribution in [1.29, 1.82) is 0 Å². The average molecular weight is 136 g/mol. The molecule has 0 saturated carbocycles. The van der Waals surface area contributed by atoms with Crippen LogP contribution in [0.15, 0.2) is 0 Å². The lowest BCUT2D eigenvalue weighted by molar-refractivity contribution is -0.115. The molecule has 0 saturated heterocycles. The Morgan fingerprint density at radius 3 is 2.25 bits per heavy atom. The number of carbonyl (C=O) groups is 1. The molecule has 3 heteroatoms. The van der Waals surface area contributed by atoms with E-state index in [1.165, 1.54) is 0 Å². The lowest BCUT2D eigenvalue weighted by atomic mass is 10.0. The fourth-order valence-corrected chi connectivity index (χ4v) is 0.273. The van der Waals surface area contributed by atoms with E-state index < -0.39 is 10.8 Å². The molecule has 0 rings (SSSR count). The standard InChI is InChI=1S/C5H10ClNO/c1-3-5(2,7)4(6)8/h3,7H2,1-2H3/t5-/m0/s1. The maximum Gasteiger partial charge on any atom is 0.241 e. The Labute approximate surface area is 54.0 Å². The minimum absolute atomic E-state index is 0.472. The van der Waals surface area contributed by atoms with E-state index in [-0.39, 0.29) is 0 Å². The second kappa shape index (κ2) is 2.46. The van der Waals surface area contributed by atoms with E-state index in [0.29, 0.717) is 6.42 Å². The van der Waals surface area contributed by atoms with Crippen LogP contribution in [-0.2, 0) is 4.79 Å². The van der Waals surface area contributed by atoms with E-state index in [1.807, 2.05) is 6.92 Å². The maximum atomic E-state index is 10.3. The molecule has 0 radical (unpaired) electrons. The molecule has 0 aliphatic heterocycles. The smallest absolute Gasteiger partial charge is 0.241 e. The highest BCUT2D eigenvalue weighted by atomic mass is 35.5. The van der Waals surface area contributed by atoms with Crippen LogP contribution in [0.25, 0.3) is 0 Å². The third-order valence-electron chi connectivity index (χ3n) is 1.18. The Balaban J connectivity index is 3.91. The Hall–Kier alpha value is -0.0800.